The fourth-order valence-electron chi connectivity index (χ4n) is 3.21. The smallest absolute Gasteiger partial charge is 0.398 e. The molecule has 2 aromatic carbocycles. The van der Waals surface area contributed by atoms with Crippen molar-refractivity contribution in [3.05, 3.63) is 70.8 Å². The summed E-state index contributed by atoms with van der Waals surface area (Å²) in [5, 5.41) is 0. The Hall–Kier alpha value is -3.43. The Labute approximate surface area is 224 Å². The van der Waals surface area contributed by atoms with E-state index in [1.54, 1.807) is 24.3 Å². The molecule has 0 heterocycles. The summed E-state index contributed by atoms with van der Waals surface area (Å²) in [6.45, 7) is 9.64. The summed E-state index contributed by atoms with van der Waals surface area (Å²) in [7, 11) is 0. The zero-order valence-electron chi connectivity index (χ0n) is 23.0. The molecule has 9 nitrogen and oxygen atoms in total. The first-order chi connectivity index (χ1) is 17.9. The molecule has 2 aromatic rings. The van der Waals surface area contributed by atoms with Crippen molar-refractivity contribution in [1.29, 1.82) is 0 Å². The van der Waals surface area contributed by atoms with Crippen molar-refractivity contribution in [2.24, 2.45) is 0 Å². The molecule has 0 unspecified atom stereocenters. The van der Waals surface area contributed by atoms with Crippen molar-refractivity contribution in [2.45, 2.75) is 91.6 Å². The van der Waals surface area contributed by atoms with E-state index in [1.807, 2.05) is 24.3 Å². The van der Waals surface area contributed by atoms with Crippen molar-refractivity contribution in [2.75, 3.05) is 0 Å². The Morgan fingerprint density at radius 2 is 0.947 bits per heavy atom. The minimum absolute atomic E-state index is 0.288. The first-order valence-corrected chi connectivity index (χ1v) is 12.8. The van der Waals surface area contributed by atoms with Crippen molar-refractivity contribution in [3.63, 3.8) is 0 Å². The van der Waals surface area contributed by atoms with Gasteiger partial charge < -0.3 is 9.47 Å². The lowest BCUT2D eigenvalue weighted by molar-refractivity contribution is -0.391. The lowest BCUT2D eigenvalue weighted by Crippen LogP contribution is -2.38. The van der Waals surface area contributed by atoms with Crippen LogP contribution in [0.5, 0.6) is 0 Å². The highest BCUT2D eigenvalue weighted by molar-refractivity contribution is 5.89. The zero-order valence-corrected chi connectivity index (χ0v) is 23.0. The van der Waals surface area contributed by atoms with E-state index in [9.17, 15) is 14.4 Å². The van der Waals surface area contributed by atoms with Gasteiger partial charge in [-0.2, -0.15) is 0 Å². The number of hydrogen-bond acceptors (Lipinski definition) is 9. The van der Waals surface area contributed by atoms with Crippen molar-refractivity contribution in [3.8, 4) is 0 Å². The molecule has 0 aliphatic heterocycles. The van der Waals surface area contributed by atoms with E-state index in [0.29, 0.717) is 0 Å². The first kappa shape index (κ1) is 30.8. The van der Waals surface area contributed by atoms with E-state index in [1.165, 1.54) is 27.7 Å². The van der Waals surface area contributed by atoms with E-state index in [0.717, 1.165) is 49.7 Å². The minimum Gasteiger partial charge on any atom is -0.398 e. The molecule has 0 fully saturated rings. The summed E-state index contributed by atoms with van der Waals surface area (Å²) in [6.07, 6.45) is 4.94. The Morgan fingerprint density at radius 3 is 1.26 bits per heavy atom. The lowest BCUT2D eigenvalue weighted by Gasteiger charge is -2.26. The second-order valence-corrected chi connectivity index (χ2v) is 9.76. The van der Waals surface area contributed by atoms with E-state index < -0.39 is 29.7 Å². The molecule has 0 radical (unpaired) electrons. The Balaban J connectivity index is 1.79. The molecule has 38 heavy (non-hydrogen) atoms. The maximum absolute atomic E-state index is 12.3. The SMILES string of the molecule is CCCCc1ccc(C(=O)OOC(C)(C)OC(=O)OC(C)(C)OOC(=O)c2ccc(CCCC)cc2)cc1. The first-order valence-electron chi connectivity index (χ1n) is 12.8. The van der Waals surface area contributed by atoms with E-state index in [4.69, 9.17) is 29.0 Å². The molecular weight excluding hydrogens is 492 g/mol. The van der Waals surface area contributed by atoms with Crippen LogP contribution < -0.4 is 0 Å². The van der Waals surface area contributed by atoms with Crippen LogP contribution in [-0.4, -0.2) is 29.7 Å². The number of carbonyl (C=O) groups excluding carboxylic acids is 3. The van der Waals surface area contributed by atoms with Crippen LogP contribution in [0.2, 0.25) is 0 Å². The monoisotopic (exact) mass is 530 g/mol. The van der Waals surface area contributed by atoms with Gasteiger partial charge in [0.05, 0.1) is 11.1 Å². The normalized spacial score (nSPS) is 11.5. The van der Waals surface area contributed by atoms with E-state index in [2.05, 4.69) is 13.8 Å². The number of ether oxygens (including phenoxy) is 2. The van der Waals surface area contributed by atoms with Gasteiger partial charge in [-0.15, -0.1) is 9.78 Å². The third-order valence-electron chi connectivity index (χ3n) is 5.31. The molecule has 0 saturated heterocycles. The highest BCUT2D eigenvalue weighted by Crippen LogP contribution is 2.20. The summed E-state index contributed by atoms with van der Waals surface area (Å²) < 4.78 is 10.2. The van der Waals surface area contributed by atoms with Crippen LogP contribution in [-0.2, 0) is 41.9 Å². The maximum Gasteiger partial charge on any atom is 0.513 e. The Kier molecular flexibility index (Phi) is 11.7. The molecule has 0 aliphatic carbocycles. The van der Waals surface area contributed by atoms with Crippen LogP contribution in [0, 0.1) is 0 Å². The fourth-order valence-corrected chi connectivity index (χ4v) is 3.21. The number of carbonyl (C=O) groups is 3. The zero-order chi connectivity index (χ0) is 28.2. The Morgan fingerprint density at radius 1 is 0.605 bits per heavy atom. The third kappa shape index (κ3) is 10.9. The van der Waals surface area contributed by atoms with E-state index in [-0.39, 0.29) is 11.1 Å². The molecule has 2 rings (SSSR count). The van der Waals surface area contributed by atoms with Gasteiger partial charge in [-0.25, -0.2) is 14.4 Å². The topological polar surface area (TPSA) is 107 Å². The van der Waals surface area contributed by atoms with Crippen LogP contribution in [0.4, 0.5) is 4.79 Å². The summed E-state index contributed by atoms with van der Waals surface area (Å²) in [4.78, 5) is 56.5. The van der Waals surface area contributed by atoms with Gasteiger partial charge in [0.1, 0.15) is 0 Å². The van der Waals surface area contributed by atoms with Gasteiger partial charge in [0, 0.05) is 27.7 Å². The van der Waals surface area contributed by atoms with E-state index >= 15 is 0 Å². The lowest BCUT2D eigenvalue weighted by atomic mass is 10.1. The van der Waals surface area contributed by atoms with Crippen LogP contribution in [0.15, 0.2) is 48.5 Å². The van der Waals surface area contributed by atoms with Gasteiger partial charge in [-0.1, -0.05) is 51.0 Å². The van der Waals surface area contributed by atoms with Crippen LogP contribution in [0.3, 0.4) is 0 Å². The predicted molar refractivity (Wildman–Crippen MR) is 139 cm³/mol. The molecule has 0 N–H and O–H groups in total. The average molecular weight is 531 g/mol. The molecule has 0 atom stereocenters. The van der Waals surface area contributed by atoms with Crippen LogP contribution in [0.25, 0.3) is 0 Å². The number of benzene rings is 2. The molecule has 0 aliphatic rings. The van der Waals surface area contributed by atoms with Gasteiger partial charge in [-0.3, -0.25) is 9.78 Å². The molecule has 0 amide bonds. The maximum atomic E-state index is 12.3. The highest BCUT2D eigenvalue weighted by Gasteiger charge is 2.34. The van der Waals surface area contributed by atoms with Crippen molar-refractivity contribution in [1.82, 2.24) is 0 Å². The average Bonchev–Trinajstić information content (AvgIpc) is 2.88. The van der Waals surface area contributed by atoms with Gasteiger partial charge in [-0.05, 0) is 61.1 Å². The molecular formula is C29H38O9. The molecule has 0 aromatic heterocycles. The standard InChI is InChI=1S/C29H38O9/c1-7-9-11-21-13-17-23(18-14-21)25(30)35-37-28(3,4)33-27(32)34-29(5,6)38-36-26(31)24-19-15-22(16-20-24)12-10-8-2/h13-20H,7-12H2,1-6H3. The second-order valence-electron chi connectivity index (χ2n) is 9.76. The highest BCUT2D eigenvalue weighted by atomic mass is 17.3. The fraction of sp³-hybridized carbons (Fsp3) is 0.483. The van der Waals surface area contributed by atoms with Gasteiger partial charge in [0.2, 0.25) is 0 Å². The van der Waals surface area contributed by atoms with Crippen molar-refractivity contribution < 1.29 is 43.4 Å². The predicted octanol–water partition coefficient (Wildman–Crippen LogP) is 6.87. The molecule has 0 saturated carbocycles. The Bertz CT molecular complexity index is 957. The van der Waals surface area contributed by atoms with Gasteiger partial charge in [0.15, 0.2) is 0 Å². The summed E-state index contributed by atoms with van der Waals surface area (Å²) in [6, 6.07) is 14.0. The summed E-state index contributed by atoms with van der Waals surface area (Å²) in [5.41, 5.74) is 2.81. The molecule has 9 heteroatoms. The number of hydrogen-bond donors (Lipinski definition) is 0. The van der Waals surface area contributed by atoms with Crippen LogP contribution >= 0.6 is 0 Å². The third-order valence-corrected chi connectivity index (χ3v) is 5.31. The van der Waals surface area contributed by atoms with Gasteiger partial charge in [0.25, 0.3) is 11.6 Å². The van der Waals surface area contributed by atoms with Crippen LogP contribution in [0.1, 0.15) is 99.1 Å². The number of aryl methyl sites for hydroxylation is 2. The number of unbranched alkanes of at least 4 members (excludes halogenated alkanes) is 2. The van der Waals surface area contributed by atoms with Crippen molar-refractivity contribution >= 4 is 18.1 Å². The largest absolute Gasteiger partial charge is 0.513 e. The molecule has 0 bridgehead atoms. The second kappa shape index (κ2) is 14.5. The molecule has 208 valence electrons. The summed E-state index contributed by atoms with van der Waals surface area (Å²) in [5.74, 6) is -4.85. The summed E-state index contributed by atoms with van der Waals surface area (Å²) >= 11 is 0. The number of rotatable bonds is 14. The minimum atomic E-state index is -1.68. The van der Waals surface area contributed by atoms with Gasteiger partial charge >= 0.3 is 18.1 Å². The quantitative estimate of drug-likeness (QED) is 0.112. The molecule has 0 spiro atoms.